The highest BCUT2D eigenvalue weighted by Crippen LogP contribution is 2.18. The molecule has 2 saturated heterocycles. The van der Waals surface area contributed by atoms with E-state index in [0.717, 1.165) is 45.3 Å². The van der Waals surface area contributed by atoms with E-state index in [2.05, 4.69) is 55.2 Å². The number of likely N-dealkylation sites (tertiary alicyclic amines) is 1. The van der Waals surface area contributed by atoms with Gasteiger partial charge in [0.1, 0.15) is 0 Å². The lowest BCUT2D eigenvalue weighted by Gasteiger charge is -2.29. The molecule has 0 aromatic carbocycles. The molecule has 6 nitrogen and oxygen atoms in total. The first-order chi connectivity index (χ1) is 11.0. The zero-order valence-corrected chi connectivity index (χ0v) is 15.5. The summed E-state index contributed by atoms with van der Waals surface area (Å²) < 4.78 is 5.80. The molecular formula is C17H35N5O. The van der Waals surface area contributed by atoms with Crippen molar-refractivity contribution in [2.24, 2.45) is 10.9 Å². The predicted octanol–water partition coefficient (Wildman–Crippen LogP) is 0.601. The van der Waals surface area contributed by atoms with Crippen molar-refractivity contribution in [1.29, 1.82) is 0 Å². The van der Waals surface area contributed by atoms with Gasteiger partial charge in [0.25, 0.3) is 0 Å². The summed E-state index contributed by atoms with van der Waals surface area (Å²) in [5.41, 5.74) is 0. The summed E-state index contributed by atoms with van der Waals surface area (Å²) in [5, 5.41) is 7.01. The number of hydrogen-bond donors (Lipinski definition) is 2. The first kappa shape index (κ1) is 18.5. The summed E-state index contributed by atoms with van der Waals surface area (Å²) in [6, 6.07) is 1.07. The molecule has 3 unspecified atom stereocenters. The van der Waals surface area contributed by atoms with Crippen LogP contribution in [0.1, 0.15) is 27.7 Å². The number of nitrogens with zero attached hydrogens (tertiary/aromatic N) is 3. The molecule has 2 heterocycles. The Bertz CT molecular complexity index is 387. The van der Waals surface area contributed by atoms with E-state index in [4.69, 9.17) is 9.73 Å². The van der Waals surface area contributed by atoms with Crippen LogP contribution in [0.25, 0.3) is 0 Å². The van der Waals surface area contributed by atoms with Crippen molar-refractivity contribution in [2.75, 3.05) is 52.9 Å². The molecule has 2 aliphatic rings. The molecular weight excluding hydrogens is 290 g/mol. The number of likely N-dealkylation sites (N-methyl/N-ethyl adjacent to an activating group) is 1. The van der Waals surface area contributed by atoms with Crippen LogP contribution in [0.2, 0.25) is 0 Å². The second kappa shape index (κ2) is 8.85. The summed E-state index contributed by atoms with van der Waals surface area (Å²) in [4.78, 5) is 9.61. The standard InChI is InChI=1S/C17H35N5O/c1-6-18-17(19-9-15-11-21(5)7-8-23-15)20-16-12-22(13(2)3)10-14(16)4/h13-16H,6-12H2,1-5H3,(H2,18,19,20). The average molecular weight is 326 g/mol. The second-order valence-corrected chi connectivity index (χ2v) is 7.25. The molecule has 2 aliphatic heterocycles. The lowest BCUT2D eigenvalue weighted by atomic mass is 10.1. The van der Waals surface area contributed by atoms with Crippen molar-refractivity contribution in [1.82, 2.24) is 20.4 Å². The van der Waals surface area contributed by atoms with Crippen molar-refractivity contribution in [3.8, 4) is 0 Å². The third kappa shape index (κ3) is 5.62. The maximum atomic E-state index is 5.80. The van der Waals surface area contributed by atoms with Gasteiger partial charge in [-0.15, -0.1) is 0 Å². The minimum Gasteiger partial charge on any atom is -0.374 e. The van der Waals surface area contributed by atoms with Gasteiger partial charge < -0.3 is 20.3 Å². The Labute approximate surface area is 141 Å². The highest BCUT2D eigenvalue weighted by molar-refractivity contribution is 5.80. The van der Waals surface area contributed by atoms with Crippen LogP contribution in [-0.4, -0.2) is 86.9 Å². The van der Waals surface area contributed by atoms with Crippen LogP contribution in [0.15, 0.2) is 4.99 Å². The average Bonchev–Trinajstić information content (AvgIpc) is 2.86. The Kier molecular flexibility index (Phi) is 7.11. The fourth-order valence-electron chi connectivity index (χ4n) is 3.28. The molecule has 0 aromatic rings. The molecule has 0 aromatic heterocycles. The molecule has 6 heteroatoms. The van der Waals surface area contributed by atoms with Crippen molar-refractivity contribution in [3.05, 3.63) is 0 Å². The Morgan fingerprint density at radius 3 is 2.70 bits per heavy atom. The van der Waals surface area contributed by atoms with E-state index in [0.29, 0.717) is 24.5 Å². The molecule has 23 heavy (non-hydrogen) atoms. The normalized spacial score (nSPS) is 30.9. The monoisotopic (exact) mass is 325 g/mol. The van der Waals surface area contributed by atoms with Gasteiger partial charge in [0.2, 0.25) is 0 Å². The van der Waals surface area contributed by atoms with Gasteiger partial charge in [0.15, 0.2) is 5.96 Å². The molecule has 0 spiro atoms. The number of hydrogen-bond acceptors (Lipinski definition) is 4. The quantitative estimate of drug-likeness (QED) is 0.573. The highest BCUT2D eigenvalue weighted by Gasteiger charge is 2.31. The molecule has 0 amide bonds. The minimum absolute atomic E-state index is 0.206. The largest absolute Gasteiger partial charge is 0.374 e. The fourth-order valence-corrected chi connectivity index (χ4v) is 3.28. The maximum absolute atomic E-state index is 5.80. The summed E-state index contributed by atoms with van der Waals surface area (Å²) in [6.45, 7) is 15.6. The van der Waals surface area contributed by atoms with E-state index < -0.39 is 0 Å². The third-order valence-electron chi connectivity index (χ3n) is 4.83. The Morgan fingerprint density at radius 1 is 1.30 bits per heavy atom. The third-order valence-corrected chi connectivity index (χ3v) is 4.83. The van der Waals surface area contributed by atoms with Gasteiger partial charge in [-0.05, 0) is 33.7 Å². The van der Waals surface area contributed by atoms with E-state index in [9.17, 15) is 0 Å². The zero-order chi connectivity index (χ0) is 16.8. The van der Waals surface area contributed by atoms with Crippen LogP contribution < -0.4 is 10.6 Å². The van der Waals surface area contributed by atoms with Gasteiger partial charge in [-0.3, -0.25) is 9.89 Å². The summed E-state index contributed by atoms with van der Waals surface area (Å²) in [6.07, 6.45) is 0.206. The molecule has 3 atom stereocenters. The number of aliphatic imine (C=N–C) groups is 1. The molecule has 134 valence electrons. The topological polar surface area (TPSA) is 52.1 Å². The van der Waals surface area contributed by atoms with Gasteiger partial charge in [0.05, 0.1) is 19.3 Å². The SMILES string of the molecule is CCNC(=NCC1CN(C)CCO1)NC1CN(C(C)C)CC1C. The van der Waals surface area contributed by atoms with Crippen molar-refractivity contribution < 1.29 is 4.74 Å². The highest BCUT2D eigenvalue weighted by atomic mass is 16.5. The fraction of sp³-hybridized carbons (Fsp3) is 0.941. The first-order valence-corrected chi connectivity index (χ1v) is 9.08. The Hall–Kier alpha value is -0.850. The smallest absolute Gasteiger partial charge is 0.191 e. The number of rotatable bonds is 5. The molecule has 2 rings (SSSR count). The first-order valence-electron chi connectivity index (χ1n) is 9.08. The summed E-state index contributed by atoms with van der Waals surface area (Å²) >= 11 is 0. The van der Waals surface area contributed by atoms with Crippen LogP contribution in [0.5, 0.6) is 0 Å². The summed E-state index contributed by atoms with van der Waals surface area (Å²) in [5.74, 6) is 1.56. The molecule has 2 N–H and O–H groups in total. The van der Waals surface area contributed by atoms with Crippen molar-refractivity contribution in [2.45, 2.75) is 45.9 Å². The number of guanidine groups is 1. The van der Waals surface area contributed by atoms with E-state index >= 15 is 0 Å². The zero-order valence-electron chi connectivity index (χ0n) is 15.5. The van der Waals surface area contributed by atoms with Gasteiger partial charge in [-0.1, -0.05) is 6.92 Å². The van der Waals surface area contributed by atoms with Gasteiger partial charge in [0, 0.05) is 44.8 Å². The van der Waals surface area contributed by atoms with Gasteiger partial charge in [-0.25, -0.2) is 0 Å². The van der Waals surface area contributed by atoms with E-state index in [1.165, 1.54) is 0 Å². The number of nitrogens with one attached hydrogen (secondary N) is 2. The Morgan fingerprint density at radius 2 is 2.09 bits per heavy atom. The molecule has 0 bridgehead atoms. The maximum Gasteiger partial charge on any atom is 0.191 e. The molecule has 0 radical (unpaired) electrons. The van der Waals surface area contributed by atoms with E-state index in [-0.39, 0.29) is 6.10 Å². The molecule has 0 aliphatic carbocycles. The van der Waals surface area contributed by atoms with Crippen LogP contribution in [-0.2, 0) is 4.74 Å². The molecule has 2 fully saturated rings. The van der Waals surface area contributed by atoms with Crippen LogP contribution >= 0.6 is 0 Å². The minimum atomic E-state index is 0.206. The predicted molar refractivity (Wildman–Crippen MR) is 96.0 cm³/mol. The van der Waals surface area contributed by atoms with Crippen LogP contribution in [0, 0.1) is 5.92 Å². The lowest BCUT2D eigenvalue weighted by molar-refractivity contribution is -0.0136. The number of ether oxygens (including phenoxy) is 1. The molecule has 0 saturated carbocycles. The van der Waals surface area contributed by atoms with Gasteiger partial charge >= 0.3 is 0 Å². The van der Waals surface area contributed by atoms with E-state index in [1.807, 2.05) is 0 Å². The van der Waals surface area contributed by atoms with Crippen LogP contribution in [0.4, 0.5) is 0 Å². The van der Waals surface area contributed by atoms with Crippen LogP contribution in [0.3, 0.4) is 0 Å². The Balaban J connectivity index is 1.88. The second-order valence-electron chi connectivity index (χ2n) is 7.25. The number of morpholine rings is 1. The van der Waals surface area contributed by atoms with Crippen molar-refractivity contribution in [3.63, 3.8) is 0 Å². The summed E-state index contributed by atoms with van der Waals surface area (Å²) in [7, 11) is 2.14. The van der Waals surface area contributed by atoms with Gasteiger partial charge in [-0.2, -0.15) is 0 Å². The van der Waals surface area contributed by atoms with E-state index in [1.54, 1.807) is 0 Å². The van der Waals surface area contributed by atoms with Crippen molar-refractivity contribution >= 4 is 5.96 Å². The lowest BCUT2D eigenvalue weighted by Crippen LogP contribution is -2.48.